The molecular formula is C22H30N6. The molecule has 0 aliphatic rings. The Balaban J connectivity index is 1.81. The summed E-state index contributed by atoms with van der Waals surface area (Å²) in [5.41, 5.74) is 2.04. The lowest BCUT2D eigenvalue weighted by Crippen LogP contribution is -2.38. The van der Waals surface area contributed by atoms with Gasteiger partial charge in [-0.05, 0) is 58.4 Å². The van der Waals surface area contributed by atoms with Crippen LogP contribution in [0, 0.1) is 0 Å². The van der Waals surface area contributed by atoms with E-state index in [1.165, 1.54) is 0 Å². The van der Waals surface area contributed by atoms with Gasteiger partial charge >= 0.3 is 0 Å². The molecule has 0 spiro atoms. The van der Waals surface area contributed by atoms with Gasteiger partial charge in [0.25, 0.3) is 0 Å². The average molecular weight is 379 g/mol. The van der Waals surface area contributed by atoms with E-state index < -0.39 is 0 Å². The van der Waals surface area contributed by atoms with Crippen molar-refractivity contribution in [3.63, 3.8) is 0 Å². The number of anilines is 1. The molecule has 1 unspecified atom stereocenters. The van der Waals surface area contributed by atoms with Gasteiger partial charge in [-0.1, -0.05) is 18.2 Å². The van der Waals surface area contributed by atoms with Gasteiger partial charge in [0.2, 0.25) is 0 Å². The molecule has 0 aliphatic heterocycles. The van der Waals surface area contributed by atoms with Crippen LogP contribution in [0.5, 0.6) is 0 Å². The van der Waals surface area contributed by atoms with Gasteiger partial charge in [0.1, 0.15) is 5.82 Å². The molecule has 6 nitrogen and oxygen atoms in total. The minimum atomic E-state index is 0.0467. The van der Waals surface area contributed by atoms with E-state index in [9.17, 15) is 0 Å². The number of aromatic nitrogens is 4. The summed E-state index contributed by atoms with van der Waals surface area (Å²) in [6, 6.07) is 15.1. The van der Waals surface area contributed by atoms with Crippen LogP contribution < -0.4 is 5.32 Å². The van der Waals surface area contributed by atoms with Gasteiger partial charge in [0, 0.05) is 42.3 Å². The Bertz CT molecular complexity index is 821. The summed E-state index contributed by atoms with van der Waals surface area (Å²) in [4.78, 5) is 11.3. The number of para-hydroxylation sites is 1. The first-order chi connectivity index (χ1) is 13.5. The Morgan fingerprint density at radius 2 is 1.64 bits per heavy atom. The zero-order chi connectivity index (χ0) is 19.9. The van der Waals surface area contributed by atoms with Crippen LogP contribution >= 0.6 is 0 Å². The Morgan fingerprint density at radius 3 is 2.29 bits per heavy atom. The maximum absolute atomic E-state index is 4.77. The summed E-state index contributed by atoms with van der Waals surface area (Å²) < 4.78 is 0. The molecule has 28 heavy (non-hydrogen) atoms. The quantitative estimate of drug-likeness (QED) is 0.572. The molecule has 0 amide bonds. The Labute approximate surface area is 167 Å². The van der Waals surface area contributed by atoms with E-state index in [0.717, 1.165) is 30.0 Å². The third-order valence-electron chi connectivity index (χ3n) is 4.89. The first kappa shape index (κ1) is 20.0. The molecule has 3 aromatic rings. The predicted octanol–water partition coefficient (Wildman–Crippen LogP) is 4.53. The second-order valence-electron chi connectivity index (χ2n) is 7.56. The highest BCUT2D eigenvalue weighted by Crippen LogP contribution is 2.23. The Hall–Kier alpha value is -2.73. The highest BCUT2D eigenvalue weighted by molar-refractivity contribution is 5.53. The van der Waals surface area contributed by atoms with E-state index >= 15 is 0 Å². The summed E-state index contributed by atoms with van der Waals surface area (Å²) in [5.74, 6) is 1.55. The predicted molar refractivity (Wildman–Crippen MR) is 114 cm³/mol. The molecule has 0 saturated carbocycles. The van der Waals surface area contributed by atoms with Crippen molar-refractivity contribution in [2.75, 3.05) is 11.9 Å². The van der Waals surface area contributed by atoms with Crippen molar-refractivity contribution in [2.24, 2.45) is 0 Å². The van der Waals surface area contributed by atoms with Crippen molar-refractivity contribution in [3.8, 4) is 11.4 Å². The minimum absolute atomic E-state index is 0.0467. The lowest BCUT2D eigenvalue weighted by atomic mass is 10.1. The van der Waals surface area contributed by atoms with Gasteiger partial charge in [-0.2, -0.15) is 5.10 Å². The van der Waals surface area contributed by atoms with Gasteiger partial charge in [0.05, 0.1) is 6.04 Å². The van der Waals surface area contributed by atoms with E-state index in [1.807, 2.05) is 30.3 Å². The number of nitrogens with one attached hydrogen (secondary N) is 2. The minimum Gasteiger partial charge on any atom is -0.375 e. The van der Waals surface area contributed by atoms with Crippen LogP contribution in [0.2, 0.25) is 0 Å². The van der Waals surface area contributed by atoms with Gasteiger partial charge < -0.3 is 5.32 Å². The van der Waals surface area contributed by atoms with Crippen molar-refractivity contribution >= 4 is 5.69 Å². The van der Waals surface area contributed by atoms with Crippen molar-refractivity contribution in [1.29, 1.82) is 0 Å². The third-order valence-corrected chi connectivity index (χ3v) is 4.89. The Kier molecular flexibility index (Phi) is 6.76. The first-order valence-corrected chi connectivity index (χ1v) is 9.94. The number of hydrogen-bond acceptors (Lipinski definition) is 5. The van der Waals surface area contributed by atoms with Gasteiger partial charge in [-0.15, -0.1) is 0 Å². The second kappa shape index (κ2) is 9.46. The molecule has 2 aromatic heterocycles. The van der Waals surface area contributed by atoms with Crippen molar-refractivity contribution in [2.45, 2.75) is 52.2 Å². The van der Waals surface area contributed by atoms with Gasteiger partial charge in [0.15, 0.2) is 5.82 Å². The molecule has 148 valence electrons. The second-order valence-corrected chi connectivity index (χ2v) is 7.56. The third kappa shape index (κ3) is 5.16. The number of pyridine rings is 1. The molecule has 1 atom stereocenters. The van der Waals surface area contributed by atoms with Crippen LogP contribution in [0.1, 0.15) is 46.0 Å². The molecule has 0 radical (unpaired) electrons. The summed E-state index contributed by atoms with van der Waals surface area (Å²) in [6.07, 6.45) is 4.44. The zero-order valence-electron chi connectivity index (χ0n) is 17.1. The lowest BCUT2D eigenvalue weighted by Gasteiger charge is -2.32. The summed E-state index contributed by atoms with van der Waals surface area (Å²) in [7, 11) is 0. The number of H-pyrrole nitrogens is 1. The monoisotopic (exact) mass is 378 g/mol. The van der Waals surface area contributed by atoms with Crippen molar-refractivity contribution in [1.82, 2.24) is 25.1 Å². The maximum Gasteiger partial charge on any atom is 0.181 e. The van der Waals surface area contributed by atoms with E-state index in [2.05, 4.69) is 65.2 Å². The number of hydrogen-bond donors (Lipinski definition) is 2. The Morgan fingerprint density at radius 1 is 0.964 bits per heavy atom. The largest absolute Gasteiger partial charge is 0.375 e. The molecule has 0 bridgehead atoms. The van der Waals surface area contributed by atoms with E-state index in [-0.39, 0.29) is 6.04 Å². The molecule has 6 heteroatoms. The van der Waals surface area contributed by atoms with Crippen LogP contribution in [0.15, 0.2) is 54.9 Å². The van der Waals surface area contributed by atoms with E-state index in [0.29, 0.717) is 17.9 Å². The van der Waals surface area contributed by atoms with E-state index in [1.54, 1.807) is 12.4 Å². The molecule has 0 fully saturated rings. The fourth-order valence-corrected chi connectivity index (χ4v) is 3.46. The van der Waals surface area contributed by atoms with Crippen LogP contribution in [0.3, 0.4) is 0 Å². The fraction of sp³-hybridized carbons (Fsp3) is 0.409. The highest BCUT2D eigenvalue weighted by Gasteiger charge is 2.20. The van der Waals surface area contributed by atoms with Crippen LogP contribution in [-0.4, -0.2) is 43.7 Å². The van der Waals surface area contributed by atoms with Crippen molar-refractivity contribution in [3.05, 3.63) is 60.7 Å². The highest BCUT2D eigenvalue weighted by atomic mass is 15.2. The molecule has 2 N–H and O–H groups in total. The first-order valence-electron chi connectivity index (χ1n) is 9.94. The summed E-state index contributed by atoms with van der Waals surface area (Å²) >= 11 is 0. The zero-order valence-corrected chi connectivity index (χ0v) is 17.1. The fourth-order valence-electron chi connectivity index (χ4n) is 3.46. The van der Waals surface area contributed by atoms with Crippen molar-refractivity contribution < 1.29 is 0 Å². The molecule has 0 aliphatic carbocycles. The number of aromatic amines is 1. The molecule has 2 heterocycles. The molecule has 1 aromatic carbocycles. The summed E-state index contributed by atoms with van der Waals surface area (Å²) in [6.45, 7) is 9.96. The molecule has 3 rings (SSSR count). The number of nitrogens with zero attached hydrogens (tertiary/aromatic N) is 4. The normalized spacial score (nSPS) is 12.7. The smallest absolute Gasteiger partial charge is 0.181 e. The van der Waals surface area contributed by atoms with Crippen LogP contribution in [0.25, 0.3) is 11.4 Å². The van der Waals surface area contributed by atoms with E-state index in [4.69, 9.17) is 4.98 Å². The van der Waals surface area contributed by atoms with Gasteiger partial charge in [-0.25, -0.2) is 4.98 Å². The lowest BCUT2D eigenvalue weighted by molar-refractivity contribution is 0.169. The van der Waals surface area contributed by atoms with Crippen LogP contribution in [-0.2, 0) is 0 Å². The maximum atomic E-state index is 4.77. The summed E-state index contributed by atoms with van der Waals surface area (Å²) in [5, 5.41) is 11.2. The SMILES string of the molecule is CC(C)N(CCC(Nc1ccccc1)c1nc(-c2ccncc2)n[nH]1)C(C)C. The average Bonchev–Trinajstić information content (AvgIpc) is 3.18. The number of benzene rings is 1. The van der Waals surface area contributed by atoms with Crippen LogP contribution in [0.4, 0.5) is 5.69 Å². The van der Waals surface area contributed by atoms with Gasteiger partial charge in [-0.3, -0.25) is 15.0 Å². The topological polar surface area (TPSA) is 69.7 Å². The number of rotatable bonds is 9. The molecule has 0 saturated heterocycles. The molecular weight excluding hydrogens is 348 g/mol. The standard InChI is InChI=1S/C22H30N6/c1-16(2)28(17(3)4)15-12-20(24-19-8-6-5-7-9-19)22-25-21(26-27-22)18-10-13-23-14-11-18/h5-11,13-14,16-17,20,24H,12,15H2,1-4H3,(H,25,26,27).